The van der Waals surface area contributed by atoms with E-state index >= 15 is 0 Å². The number of amides is 3. The molecule has 0 saturated carbocycles. The maximum absolute atomic E-state index is 13.2. The number of carbonyl (C=O) groups is 3. The van der Waals surface area contributed by atoms with E-state index in [1.165, 1.54) is 4.90 Å². The maximum Gasteiger partial charge on any atom is 0.245 e. The summed E-state index contributed by atoms with van der Waals surface area (Å²) >= 11 is 0. The van der Waals surface area contributed by atoms with Gasteiger partial charge in [0.05, 0.1) is 0 Å². The van der Waals surface area contributed by atoms with Crippen LogP contribution < -0.4 is 5.32 Å². The van der Waals surface area contributed by atoms with E-state index in [2.05, 4.69) is 19.2 Å². The molecule has 26 heavy (non-hydrogen) atoms. The van der Waals surface area contributed by atoms with Gasteiger partial charge in [-0.2, -0.15) is 0 Å². The molecule has 2 atom stereocenters. The first kappa shape index (κ1) is 24.4. The van der Waals surface area contributed by atoms with Crippen LogP contribution in [0.1, 0.15) is 60.8 Å². The Labute approximate surface area is 159 Å². The van der Waals surface area contributed by atoms with Crippen LogP contribution in [-0.2, 0) is 14.4 Å². The first-order chi connectivity index (χ1) is 11.9. The molecule has 0 aliphatic rings. The SMILES string of the molecule is CNC(=O)[C@H](C(C)C)N(C)C(=O)C(CC(C)C)N(C)C(=O)CCC(C)C. The Kier molecular flexibility index (Phi) is 10.5. The van der Waals surface area contributed by atoms with Crippen molar-refractivity contribution in [2.75, 3.05) is 21.1 Å². The Balaban J connectivity index is 5.46. The second kappa shape index (κ2) is 11.2. The zero-order valence-corrected chi connectivity index (χ0v) is 18.1. The summed E-state index contributed by atoms with van der Waals surface area (Å²) in [5.41, 5.74) is 0. The molecular formula is C20H39N3O3. The highest BCUT2D eigenvalue weighted by molar-refractivity contribution is 5.92. The Morgan fingerprint density at radius 2 is 1.42 bits per heavy atom. The van der Waals surface area contributed by atoms with Crippen molar-refractivity contribution in [1.82, 2.24) is 15.1 Å². The summed E-state index contributed by atoms with van der Waals surface area (Å²) < 4.78 is 0. The summed E-state index contributed by atoms with van der Waals surface area (Å²) in [4.78, 5) is 41.1. The predicted molar refractivity (Wildman–Crippen MR) is 106 cm³/mol. The van der Waals surface area contributed by atoms with Gasteiger partial charge in [-0.05, 0) is 30.6 Å². The number of likely N-dealkylation sites (N-methyl/N-ethyl adjacent to an activating group) is 3. The smallest absolute Gasteiger partial charge is 0.245 e. The topological polar surface area (TPSA) is 69.7 Å². The molecule has 0 spiro atoms. The van der Waals surface area contributed by atoms with E-state index in [0.29, 0.717) is 18.8 Å². The number of rotatable bonds is 10. The van der Waals surface area contributed by atoms with E-state index < -0.39 is 12.1 Å². The molecule has 6 heteroatoms. The van der Waals surface area contributed by atoms with E-state index in [0.717, 1.165) is 6.42 Å². The molecule has 1 unspecified atom stereocenters. The van der Waals surface area contributed by atoms with E-state index in [1.54, 1.807) is 26.0 Å². The Bertz CT molecular complexity index is 475. The van der Waals surface area contributed by atoms with Gasteiger partial charge in [0.15, 0.2) is 0 Å². The van der Waals surface area contributed by atoms with Gasteiger partial charge >= 0.3 is 0 Å². The molecular weight excluding hydrogens is 330 g/mol. The van der Waals surface area contributed by atoms with Gasteiger partial charge in [0.25, 0.3) is 0 Å². The highest BCUT2D eigenvalue weighted by atomic mass is 16.2. The van der Waals surface area contributed by atoms with E-state index in [1.807, 2.05) is 27.7 Å². The van der Waals surface area contributed by atoms with Gasteiger partial charge in [0, 0.05) is 27.6 Å². The van der Waals surface area contributed by atoms with Gasteiger partial charge in [-0.25, -0.2) is 0 Å². The largest absolute Gasteiger partial charge is 0.357 e. The van der Waals surface area contributed by atoms with Gasteiger partial charge < -0.3 is 15.1 Å². The number of hydrogen-bond acceptors (Lipinski definition) is 3. The van der Waals surface area contributed by atoms with Crippen LogP contribution in [-0.4, -0.2) is 60.7 Å². The second-order valence-corrected chi connectivity index (χ2v) is 8.33. The number of nitrogens with one attached hydrogen (secondary N) is 1. The van der Waals surface area contributed by atoms with Gasteiger partial charge in [-0.15, -0.1) is 0 Å². The third-order valence-electron chi connectivity index (χ3n) is 4.69. The average molecular weight is 370 g/mol. The highest BCUT2D eigenvalue weighted by Gasteiger charge is 2.35. The standard InChI is InChI=1S/C20H39N3O3/c1-13(2)10-11-17(24)22(8)16(12-14(3)4)20(26)23(9)18(15(5)6)19(25)21-7/h13-16,18H,10-12H2,1-9H3,(H,21,25)/t16?,18-/m0/s1. The van der Waals surface area contributed by atoms with Crippen LogP contribution in [0.2, 0.25) is 0 Å². The summed E-state index contributed by atoms with van der Waals surface area (Å²) in [6.45, 7) is 12.1. The van der Waals surface area contributed by atoms with Crippen LogP contribution in [0.4, 0.5) is 0 Å². The van der Waals surface area contributed by atoms with Crippen LogP contribution >= 0.6 is 0 Å². The van der Waals surface area contributed by atoms with Gasteiger partial charge in [0.2, 0.25) is 17.7 Å². The highest BCUT2D eigenvalue weighted by Crippen LogP contribution is 2.19. The zero-order chi connectivity index (χ0) is 20.6. The minimum Gasteiger partial charge on any atom is -0.357 e. The molecule has 0 aromatic rings. The lowest BCUT2D eigenvalue weighted by Crippen LogP contribution is -2.56. The van der Waals surface area contributed by atoms with E-state index in [4.69, 9.17) is 0 Å². The third-order valence-corrected chi connectivity index (χ3v) is 4.69. The molecule has 0 bridgehead atoms. The molecule has 0 aromatic carbocycles. The van der Waals surface area contributed by atoms with Crippen molar-refractivity contribution in [3.8, 4) is 0 Å². The van der Waals surface area contributed by atoms with E-state index in [9.17, 15) is 14.4 Å². The van der Waals surface area contributed by atoms with Gasteiger partial charge in [-0.3, -0.25) is 14.4 Å². The van der Waals surface area contributed by atoms with Gasteiger partial charge in [0.1, 0.15) is 12.1 Å². The maximum atomic E-state index is 13.2. The molecule has 1 N–H and O–H groups in total. The van der Waals surface area contributed by atoms with Crippen LogP contribution in [0.5, 0.6) is 0 Å². The Hall–Kier alpha value is -1.59. The van der Waals surface area contributed by atoms with Crippen molar-refractivity contribution in [2.24, 2.45) is 17.8 Å². The fourth-order valence-corrected chi connectivity index (χ4v) is 3.08. The molecule has 0 radical (unpaired) electrons. The van der Waals surface area contributed by atoms with Crippen molar-refractivity contribution in [3.63, 3.8) is 0 Å². The summed E-state index contributed by atoms with van der Waals surface area (Å²) in [6.07, 6.45) is 1.81. The molecule has 0 aliphatic carbocycles. The lowest BCUT2D eigenvalue weighted by Gasteiger charge is -2.36. The number of carbonyl (C=O) groups excluding carboxylic acids is 3. The van der Waals surface area contributed by atoms with Crippen LogP contribution in [0.25, 0.3) is 0 Å². The lowest BCUT2D eigenvalue weighted by atomic mass is 9.97. The zero-order valence-electron chi connectivity index (χ0n) is 18.1. The van der Waals surface area contributed by atoms with E-state index in [-0.39, 0.29) is 29.6 Å². The van der Waals surface area contributed by atoms with Crippen LogP contribution in [0.15, 0.2) is 0 Å². The molecule has 152 valence electrons. The minimum absolute atomic E-state index is 0.0212. The Morgan fingerprint density at radius 3 is 1.81 bits per heavy atom. The first-order valence-corrected chi connectivity index (χ1v) is 9.67. The Morgan fingerprint density at radius 1 is 0.885 bits per heavy atom. The van der Waals surface area contributed by atoms with Crippen molar-refractivity contribution < 1.29 is 14.4 Å². The quantitative estimate of drug-likeness (QED) is 0.643. The molecule has 6 nitrogen and oxygen atoms in total. The lowest BCUT2D eigenvalue weighted by molar-refractivity contribution is -0.149. The molecule has 0 rings (SSSR count). The van der Waals surface area contributed by atoms with Crippen molar-refractivity contribution in [2.45, 2.75) is 72.9 Å². The predicted octanol–water partition coefficient (Wildman–Crippen LogP) is 2.52. The van der Waals surface area contributed by atoms with Crippen LogP contribution in [0, 0.1) is 17.8 Å². The summed E-state index contributed by atoms with van der Waals surface area (Å²) in [7, 11) is 4.93. The van der Waals surface area contributed by atoms with Gasteiger partial charge in [-0.1, -0.05) is 41.5 Å². The molecule has 0 aliphatic heterocycles. The summed E-state index contributed by atoms with van der Waals surface area (Å²) in [5, 5.41) is 2.63. The fourth-order valence-electron chi connectivity index (χ4n) is 3.08. The molecule has 3 amide bonds. The molecule has 0 aromatic heterocycles. The first-order valence-electron chi connectivity index (χ1n) is 9.67. The summed E-state index contributed by atoms with van der Waals surface area (Å²) in [6, 6.07) is -1.10. The van der Waals surface area contributed by atoms with Crippen molar-refractivity contribution in [1.29, 1.82) is 0 Å². The van der Waals surface area contributed by atoms with Crippen molar-refractivity contribution >= 4 is 17.7 Å². The van der Waals surface area contributed by atoms with Crippen molar-refractivity contribution in [3.05, 3.63) is 0 Å². The molecule has 0 fully saturated rings. The molecule has 0 saturated heterocycles. The normalized spacial score (nSPS) is 13.7. The number of hydrogen-bond donors (Lipinski definition) is 1. The fraction of sp³-hybridized carbons (Fsp3) is 0.850. The average Bonchev–Trinajstić information content (AvgIpc) is 2.55. The second-order valence-electron chi connectivity index (χ2n) is 8.33. The third kappa shape index (κ3) is 7.34. The monoisotopic (exact) mass is 369 g/mol. The van der Waals surface area contributed by atoms with Crippen LogP contribution in [0.3, 0.4) is 0 Å². The summed E-state index contributed by atoms with van der Waals surface area (Å²) in [5.74, 6) is 0.287. The minimum atomic E-state index is -0.554. The molecule has 0 heterocycles. The number of nitrogens with zero attached hydrogens (tertiary/aromatic N) is 2.